The second-order valence-corrected chi connectivity index (χ2v) is 9.00. The highest BCUT2D eigenvalue weighted by Crippen LogP contribution is 2.46. The first kappa shape index (κ1) is 20.4. The Hall–Kier alpha value is -2.34. The van der Waals surface area contributed by atoms with Crippen LogP contribution in [-0.4, -0.2) is 32.1 Å². The summed E-state index contributed by atoms with van der Waals surface area (Å²) in [7, 11) is 0. The van der Waals surface area contributed by atoms with Gasteiger partial charge in [0.2, 0.25) is 0 Å². The molecule has 150 valence electrons. The summed E-state index contributed by atoms with van der Waals surface area (Å²) in [6.45, 7) is 9.95. The van der Waals surface area contributed by atoms with Gasteiger partial charge in [0.15, 0.2) is 0 Å². The highest BCUT2D eigenvalue weighted by Gasteiger charge is 2.53. The van der Waals surface area contributed by atoms with Crippen molar-refractivity contribution in [3.05, 3.63) is 54.4 Å². The van der Waals surface area contributed by atoms with Gasteiger partial charge in [-0.05, 0) is 51.7 Å². The molecule has 2 aromatic heterocycles. The van der Waals surface area contributed by atoms with Crippen LogP contribution in [0.3, 0.4) is 0 Å². The lowest BCUT2D eigenvalue weighted by Crippen LogP contribution is -2.52. The second-order valence-electron chi connectivity index (χ2n) is 9.00. The summed E-state index contributed by atoms with van der Waals surface area (Å²) < 4.78 is 5.84. The minimum absolute atomic E-state index is 0.0186. The predicted octanol–water partition coefficient (Wildman–Crippen LogP) is 3.82. The van der Waals surface area contributed by atoms with Crippen LogP contribution in [0.2, 0.25) is 0 Å². The lowest BCUT2D eigenvalue weighted by atomic mass is 9.83. The van der Waals surface area contributed by atoms with E-state index in [4.69, 9.17) is 4.74 Å². The largest absolute Gasteiger partial charge is 0.459 e. The van der Waals surface area contributed by atoms with Crippen LogP contribution in [0.15, 0.2) is 43.0 Å². The van der Waals surface area contributed by atoms with E-state index in [-0.39, 0.29) is 17.9 Å². The summed E-state index contributed by atoms with van der Waals surface area (Å²) in [6.07, 6.45) is 8.20. The number of esters is 1. The van der Waals surface area contributed by atoms with E-state index in [0.717, 1.165) is 11.4 Å². The van der Waals surface area contributed by atoms with Gasteiger partial charge >= 0.3 is 5.97 Å². The number of hydrogen-bond donors (Lipinski definition) is 1. The topological polar surface area (TPSA) is 77.0 Å². The molecule has 28 heavy (non-hydrogen) atoms. The first-order valence-corrected chi connectivity index (χ1v) is 9.88. The zero-order valence-electron chi connectivity index (χ0n) is 17.3. The van der Waals surface area contributed by atoms with Crippen molar-refractivity contribution in [2.24, 2.45) is 5.92 Å². The number of aromatic nitrogens is 3. The molecule has 1 fully saturated rings. The molecule has 1 N–H and O–H groups in total. The van der Waals surface area contributed by atoms with Crippen LogP contribution < -0.4 is 5.32 Å². The fourth-order valence-electron chi connectivity index (χ4n) is 4.01. The molecule has 0 spiro atoms. The monoisotopic (exact) mass is 382 g/mol. The van der Waals surface area contributed by atoms with Gasteiger partial charge in [-0.1, -0.05) is 19.9 Å². The molecule has 6 heteroatoms. The Bertz CT molecular complexity index is 740. The zero-order chi connectivity index (χ0) is 20.4. The minimum atomic E-state index is -0.786. The molecule has 0 radical (unpaired) electrons. The van der Waals surface area contributed by atoms with E-state index in [1.165, 1.54) is 0 Å². The average molecular weight is 383 g/mol. The van der Waals surface area contributed by atoms with Crippen molar-refractivity contribution >= 4 is 5.97 Å². The van der Waals surface area contributed by atoms with Gasteiger partial charge < -0.3 is 4.74 Å². The summed E-state index contributed by atoms with van der Waals surface area (Å²) >= 11 is 0. The molecule has 1 aliphatic rings. The Kier molecular flexibility index (Phi) is 5.79. The molecule has 1 aliphatic heterocycles. The molecule has 6 nitrogen and oxygen atoms in total. The van der Waals surface area contributed by atoms with E-state index < -0.39 is 11.1 Å². The molecule has 0 aromatic carbocycles. The van der Waals surface area contributed by atoms with Gasteiger partial charge in [-0.15, -0.1) is 0 Å². The van der Waals surface area contributed by atoms with Crippen molar-refractivity contribution in [1.29, 1.82) is 0 Å². The average Bonchev–Trinajstić information content (AvgIpc) is 3.02. The number of pyridine rings is 1. The first-order valence-electron chi connectivity index (χ1n) is 9.88. The predicted molar refractivity (Wildman–Crippen MR) is 108 cm³/mol. The Balaban J connectivity index is 2.03. The number of ether oxygens (including phenoxy) is 1. The van der Waals surface area contributed by atoms with Crippen molar-refractivity contribution in [3.63, 3.8) is 0 Å². The number of carbonyl (C=O) groups excluding carboxylic acids is 1. The van der Waals surface area contributed by atoms with E-state index >= 15 is 0 Å². The van der Waals surface area contributed by atoms with Gasteiger partial charge in [0.05, 0.1) is 17.4 Å². The van der Waals surface area contributed by atoms with Crippen LogP contribution in [0.4, 0.5) is 0 Å². The minimum Gasteiger partial charge on any atom is -0.459 e. The summed E-state index contributed by atoms with van der Waals surface area (Å²) in [5, 5.41) is 3.62. The SMILES string of the molecule is CC(C)C[C@@]1(C(=O)OC(C)(C)C)C[C@H](c2cnccn2)[C@H](c2ccccn2)N1. The standard InChI is InChI=1S/C22H30N4O2/c1-15(2)12-22(20(27)28-21(3,4)5)13-16(18-14-23-10-11-25-18)19(26-22)17-8-6-7-9-24-17/h6-11,14-16,19,26H,12-13H2,1-5H3/t16-,19-,22+/m1/s1. The van der Waals surface area contributed by atoms with E-state index in [1.807, 2.05) is 39.0 Å². The Morgan fingerprint density at radius 3 is 2.54 bits per heavy atom. The van der Waals surface area contributed by atoms with Crippen LogP contribution in [-0.2, 0) is 9.53 Å². The van der Waals surface area contributed by atoms with Crippen LogP contribution in [0.5, 0.6) is 0 Å². The fourth-order valence-corrected chi connectivity index (χ4v) is 4.01. The van der Waals surface area contributed by atoms with Crippen molar-refractivity contribution in [2.45, 2.75) is 70.6 Å². The number of rotatable bonds is 5. The number of nitrogens with one attached hydrogen (secondary N) is 1. The summed E-state index contributed by atoms with van der Waals surface area (Å²) in [6, 6.07) is 5.71. The molecule has 0 bridgehead atoms. The maximum Gasteiger partial charge on any atom is 0.326 e. The Morgan fingerprint density at radius 1 is 1.21 bits per heavy atom. The molecule has 0 amide bonds. The fraction of sp³-hybridized carbons (Fsp3) is 0.545. The summed E-state index contributed by atoms with van der Waals surface area (Å²) in [4.78, 5) is 26.7. The number of carbonyl (C=O) groups is 1. The van der Waals surface area contributed by atoms with Crippen LogP contribution in [0.1, 0.15) is 70.8 Å². The molecule has 0 aliphatic carbocycles. The summed E-state index contributed by atoms with van der Waals surface area (Å²) in [5.41, 5.74) is 0.423. The first-order chi connectivity index (χ1) is 13.2. The van der Waals surface area contributed by atoms with Crippen molar-refractivity contribution in [3.8, 4) is 0 Å². The number of hydrogen-bond acceptors (Lipinski definition) is 6. The third kappa shape index (κ3) is 4.55. The maximum absolute atomic E-state index is 13.3. The van der Waals surface area contributed by atoms with Gasteiger partial charge in [-0.2, -0.15) is 0 Å². The van der Waals surface area contributed by atoms with Crippen molar-refractivity contribution in [1.82, 2.24) is 20.3 Å². The molecular formula is C22H30N4O2. The maximum atomic E-state index is 13.3. The van der Waals surface area contributed by atoms with Gasteiger partial charge in [-0.3, -0.25) is 25.1 Å². The van der Waals surface area contributed by atoms with Crippen molar-refractivity contribution in [2.75, 3.05) is 0 Å². The molecule has 0 unspecified atom stereocenters. The van der Waals surface area contributed by atoms with Gasteiger partial charge in [0, 0.05) is 30.7 Å². The van der Waals surface area contributed by atoms with Crippen molar-refractivity contribution < 1.29 is 9.53 Å². The molecular weight excluding hydrogens is 352 g/mol. The van der Waals surface area contributed by atoms with Crippen LogP contribution in [0, 0.1) is 5.92 Å². The quantitative estimate of drug-likeness (QED) is 0.792. The van der Waals surface area contributed by atoms with E-state index in [1.54, 1.807) is 24.8 Å². The summed E-state index contributed by atoms with van der Waals surface area (Å²) in [5.74, 6) is 0.0981. The van der Waals surface area contributed by atoms with Gasteiger partial charge in [0.25, 0.3) is 0 Å². The third-order valence-electron chi connectivity index (χ3n) is 4.92. The molecule has 1 saturated heterocycles. The van der Waals surface area contributed by atoms with Crippen LogP contribution in [0.25, 0.3) is 0 Å². The number of nitrogens with zero attached hydrogens (tertiary/aromatic N) is 3. The second kappa shape index (κ2) is 7.95. The van der Waals surface area contributed by atoms with Gasteiger partial charge in [0.1, 0.15) is 11.1 Å². The Labute approximate surface area is 167 Å². The Morgan fingerprint density at radius 2 is 1.96 bits per heavy atom. The zero-order valence-corrected chi connectivity index (χ0v) is 17.3. The molecule has 0 saturated carbocycles. The van der Waals surface area contributed by atoms with E-state index in [9.17, 15) is 4.79 Å². The van der Waals surface area contributed by atoms with Crippen LogP contribution >= 0.6 is 0 Å². The smallest absolute Gasteiger partial charge is 0.326 e. The lowest BCUT2D eigenvalue weighted by Gasteiger charge is -2.33. The van der Waals surface area contributed by atoms with E-state index in [0.29, 0.717) is 18.8 Å². The third-order valence-corrected chi connectivity index (χ3v) is 4.92. The molecule has 3 atom stereocenters. The van der Waals surface area contributed by atoms with Gasteiger partial charge in [-0.25, -0.2) is 0 Å². The molecule has 2 aromatic rings. The molecule has 3 rings (SSSR count). The highest BCUT2D eigenvalue weighted by atomic mass is 16.6. The highest BCUT2D eigenvalue weighted by molar-refractivity contribution is 5.82. The normalized spacial score (nSPS) is 25.1. The van der Waals surface area contributed by atoms with E-state index in [2.05, 4.69) is 34.1 Å². The molecule has 3 heterocycles. The lowest BCUT2D eigenvalue weighted by molar-refractivity contribution is -0.163.